The number of likely N-dealkylation sites (tertiary alicyclic amines) is 1. The highest BCUT2D eigenvalue weighted by atomic mass is 16.5. The summed E-state index contributed by atoms with van der Waals surface area (Å²) >= 11 is 0. The normalized spacial score (nSPS) is 20.1. The quantitative estimate of drug-likeness (QED) is 0.289. The molecule has 2 aliphatic rings. The van der Waals surface area contributed by atoms with Gasteiger partial charge in [-0.3, -0.25) is 9.59 Å². The summed E-state index contributed by atoms with van der Waals surface area (Å²) in [7, 11) is 0. The van der Waals surface area contributed by atoms with E-state index in [4.69, 9.17) is 9.47 Å². The molecular formula is C29H35NO5. The van der Waals surface area contributed by atoms with Crippen molar-refractivity contribution in [1.82, 2.24) is 4.90 Å². The molecule has 35 heavy (non-hydrogen) atoms. The van der Waals surface area contributed by atoms with E-state index in [0.29, 0.717) is 12.2 Å². The molecule has 1 amide bonds. The average molecular weight is 478 g/mol. The van der Waals surface area contributed by atoms with Crippen LogP contribution in [0.2, 0.25) is 0 Å². The number of aliphatic hydroxyl groups is 1. The topological polar surface area (TPSA) is 76.1 Å². The maximum atomic E-state index is 13.3. The summed E-state index contributed by atoms with van der Waals surface area (Å²) in [5.74, 6) is 0.142. The van der Waals surface area contributed by atoms with Crippen LogP contribution in [-0.4, -0.2) is 40.4 Å². The lowest BCUT2D eigenvalue weighted by atomic mass is 9.94. The fourth-order valence-corrected chi connectivity index (χ4v) is 5.04. The molecule has 1 N–H and O–H groups in total. The number of ether oxygens (including phenoxy) is 2. The van der Waals surface area contributed by atoms with Crippen LogP contribution in [0.25, 0.3) is 5.76 Å². The van der Waals surface area contributed by atoms with Crippen molar-refractivity contribution < 1.29 is 24.2 Å². The second kappa shape index (κ2) is 10.5. The molecule has 186 valence electrons. The van der Waals surface area contributed by atoms with Gasteiger partial charge in [-0.25, -0.2) is 0 Å². The molecular weight excluding hydrogens is 442 g/mol. The fourth-order valence-electron chi connectivity index (χ4n) is 5.04. The Morgan fingerprint density at radius 1 is 1.09 bits per heavy atom. The fraction of sp³-hybridized carbons (Fsp3) is 0.448. The van der Waals surface area contributed by atoms with E-state index in [1.165, 1.54) is 0 Å². The predicted molar refractivity (Wildman–Crippen MR) is 136 cm³/mol. The number of ketones is 1. The highest BCUT2D eigenvalue weighted by Crippen LogP contribution is 2.44. The first kappa shape index (κ1) is 24.8. The average Bonchev–Trinajstić information content (AvgIpc) is 3.45. The van der Waals surface area contributed by atoms with E-state index >= 15 is 0 Å². The van der Waals surface area contributed by atoms with Crippen LogP contribution in [-0.2, 0) is 9.59 Å². The largest absolute Gasteiger partial charge is 0.507 e. The summed E-state index contributed by atoms with van der Waals surface area (Å²) in [5, 5.41) is 11.4. The van der Waals surface area contributed by atoms with Crippen LogP contribution in [0.5, 0.6) is 11.5 Å². The van der Waals surface area contributed by atoms with E-state index < -0.39 is 17.7 Å². The van der Waals surface area contributed by atoms with Crippen molar-refractivity contribution >= 4 is 17.4 Å². The maximum absolute atomic E-state index is 13.3. The lowest BCUT2D eigenvalue weighted by molar-refractivity contribution is -0.141. The number of hydrogen-bond donors (Lipinski definition) is 1. The predicted octanol–water partition coefficient (Wildman–Crippen LogP) is 5.94. The molecule has 1 saturated heterocycles. The van der Waals surface area contributed by atoms with E-state index in [-0.39, 0.29) is 23.5 Å². The number of amides is 1. The van der Waals surface area contributed by atoms with Crippen molar-refractivity contribution in [2.45, 2.75) is 78.0 Å². The minimum atomic E-state index is -0.634. The first-order valence-corrected chi connectivity index (χ1v) is 12.6. The number of aryl methyl sites for hydroxylation is 1. The minimum Gasteiger partial charge on any atom is -0.507 e. The molecule has 2 aromatic carbocycles. The van der Waals surface area contributed by atoms with E-state index in [2.05, 4.69) is 0 Å². The number of carbonyl (C=O) groups excluding carboxylic acids is 2. The highest BCUT2D eigenvalue weighted by Gasteiger charge is 2.49. The zero-order valence-corrected chi connectivity index (χ0v) is 21.0. The second-order valence-corrected chi connectivity index (χ2v) is 9.71. The van der Waals surface area contributed by atoms with Gasteiger partial charge in [-0.2, -0.15) is 0 Å². The van der Waals surface area contributed by atoms with Crippen molar-refractivity contribution in [3.63, 3.8) is 0 Å². The summed E-state index contributed by atoms with van der Waals surface area (Å²) < 4.78 is 11.5. The standard InChI is InChI=1S/C29H35NO5/c1-5-16-34-23-13-10-20(11-14-23)26-25(28(32)29(33)30(26)22-8-6-7-9-22)27(31)21-12-15-24(19(4)17-21)35-18(2)3/h10-15,17-18,22,26,31H,5-9,16H2,1-4H3/b27-25-. The summed E-state index contributed by atoms with van der Waals surface area (Å²) in [4.78, 5) is 28.3. The first-order valence-electron chi connectivity index (χ1n) is 12.6. The zero-order valence-electron chi connectivity index (χ0n) is 21.0. The van der Waals surface area contributed by atoms with Crippen molar-refractivity contribution in [1.29, 1.82) is 0 Å². The Bertz CT molecular complexity index is 1110. The van der Waals surface area contributed by atoms with Gasteiger partial charge >= 0.3 is 0 Å². The van der Waals surface area contributed by atoms with Crippen molar-refractivity contribution in [2.75, 3.05) is 6.61 Å². The third-order valence-electron chi connectivity index (χ3n) is 6.68. The summed E-state index contributed by atoms with van der Waals surface area (Å²) in [6.45, 7) is 8.48. The Balaban J connectivity index is 1.78. The van der Waals surface area contributed by atoms with Gasteiger partial charge in [0.15, 0.2) is 0 Å². The van der Waals surface area contributed by atoms with Crippen molar-refractivity contribution in [3.8, 4) is 11.5 Å². The lowest BCUT2D eigenvalue weighted by Crippen LogP contribution is -2.37. The number of carbonyl (C=O) groups is 2. The minimum absolute atomic E-state index is 0.0127. The van der Waals surface area contributed by atoms with Crippen LogP contribution in [0.1, 0.15) is 75.6 Å². The molecule has 0 spiro atoms. The molecule has 0 bridgehead atoms. The van der Waals surface area contributed by atoms with Gasteiger partial charge < -0.3 is 19.5 Å². The Kier molecular flexibility index (Phi) is 7.48. The third-order valence-corrected chi connectivity index (χ3v) is 6.68. The number of hydrogen-bond acceptors (Lipinski definition) is 5. The number of aliphatic hydroxyl groups excluding tert-OH is 1. The Morgan fingerprint density at radius 3 is 2.37 bits per heavy atom. The molecule has 0 radical (unpaired) electrons. The van der Waals surface area contributed by atoms with E-state index in [1.54, 1.807) is 23.1 Å². The SMILES string of the molecule is CCCOc1ccc(C2/C(=C(/O)c3ccc(OC(C)C)c(C)c3)C(=O)C(=O)N2C2CCCC2)cc1. The van der Waals surface area contributed by atoms with Crippen molar-refractivity contribution in [3.05, 3.63) is 64.7 Å². The summed E-state index contributed by atoms with van der Waals surface area (Å²) in [6.07, 6.45) is 4.71. The number of rotatable bonds is 8. The van der Waals surface area contributed by atoms with Gasteiger partial charge in [0.25, 0.3) is 11.7 Å². The second-order valence-electron chi connectivity index (χ2n) is 9.71. The monoisotopic (exact) mass is 477 g/mol. The summed E-state index contributed by atoms with van der Waals surface area (Å²) in [6, 6.07) is 12.2. The van der Waals surface area contributed by atoms with Crippen molar-refractivity contribution in [2.24, 2.45) is 0 Å². The Morgan fingerprint density at radius 2 is 1.77 bits per heavy atom. The number of benzene rings is 2. The molecule has 1 saturated carbocycles. The van der Waals surface area contributed by atoms with Crippen LogP contribution in [0.15, 0.2) is 48.0 Å². The molecule has 1 unspecified atom stereocenters. The number of Topliss-reactive ketones (excluding diaryl/α,β-unsaturated/α-hetero) is 1. The maximum Gasteiger partial charge on any atom is 0.295 e. The zero-order chi connectivity index (χ0) is 25.1. The van der Waals surface area contributed by atoms with Gasteiger partial charge in [-0.05, 0) is 81.5 Å². The van der Waals surface area contributed by atoms with Crippen LogP contribution < -0.4 is 9.47 Å². The van der Waals surface area contributed by atoms with E-state index in [0.717, 1.165) is 54.7 Å². The van der Waals surface area contributed by atoms with Crippen LogP contribution in [0.3, 0.4) is 0 Å². The molecule has 6 nitrogen and oxygen atoms in total. The lowest BCUT2D eigenvalue weighted by Gasteiger charge is -2.30. The van der Waals surface area contributed by atoms with Crippen LogP contribution in [0, 0.1) is 6.92 Å². The van der Waals surface area contributed by atoms with Gasteiger partial charge in [0, 0.05) is 11.6 Å². The molecule has 1 aliphatic carbocycles. The molecule has 4 rings (SSSR count). The molecule has 1 heterocycles. The van der Waals surface area contributed by atoms with Gasteiger partial charge in [0.2, 0.25) is 0 Å². The smallest absolute Gasteiger partial charge is 0.295 e. The van der Waals surface area contributed by atoms with E-state index in [9.17, 15) is 14.7 Å². The summed E-state index contributed by atoms with van der Waals surface area (Å²) in [5.41, 5.74) is 2.27. The van der Waals surface area contributed by atoms with E-state index in [1.807, 2.05) is 52.0 Å². The molecule has 0 aromatic heterocycles. The Labute approximate surface area is 207 Å². The molecule has 2 fully saturated rings. The van der Waals surface area contributed by atoms with Crippen LogP contribution in [0.4, 0.5) is 0 Å². The highest BCUT2D eigenvalue weighted by molar-refractivity contribution is 6.46. The van der Waals surface area contributed by atoms with Crippen LogP contribution >= 0.6 is 0 Å². The molecule has 6 heteroatoms. The molecule has 1 aliphatic heterocycles. The van der Waals surface area contributed by atoms with Gasteiger partial charge in [0.05, 0.1) is 24.3 Å². The third kappa shape index (κ3) is 5.07. The van der Waals surface area contributed by atoms with Gasteiger partial charge in [-0.15, -0.1) is 0 Å². The number of nitrogens with zero attached hydrogens (tertiary/aromatic N) is 1. The van der Waals surface area contributed by atoms with Gasteiger partial charge in [-0.1, -0.05) is 31.9 Å². The van der Waals surface area contributed by atoms with Gasteiger partial charge in [0.1, 0.15) is 17.3 Å². The Hall–Kier alpha value is -3.28. The molecule has 1 atom stereocenters. The first-order chi connectivity index (χ1) is 16.8. The molecule has 2 aromatic rings.